The lowest BCUT2D eigenvalue weighted by Gasteiger charge is -2.17. The Morgan fingerprint density at radius 2 is 1.70 bits per heavy atom. The zero-order valence-electron chi connectivity index (χ0n) is 15.6. The van der Waals surface area contributed by atoms with Crippen LogP contribution in [0.4, 0.5) is 0 Å². The molecule has 1 aromatic carbocycles. The number of hydrogen-bond donors (Lipinski definition) is 1. The molecule has 0 aromatic heterocycles. The SMILES string of the molecule is C=C/C(C)=C(\NC)c1ccc(C2=CC(C)=C(C)CC2)cc1.CC. The van der Waals surface area contributed by atoms with Crippen molar-refractivity contribution in [3.05, 3.63) is 70.8 Å². The Bertz CT molecular complexity index is 624. The van der Waals surface area contributed by atoms with Crippen molar-refractivity contribution < 1.29 is 0 Å². The van der Waals surface area contributed by atoms with Crippen LogP contribution in [0.15, 0.2) is 59.7 Å². The monoisotopic (exact) mass is 309 g/mol. The minimum Gasteiger partial charge on any atom is -0.387 e. The molecule has 23 heavy (non-hydrogen) atoms. The summed E-state index contributed by atoms with van der Waals surface area (Å²) in [5.74, 6) is 0. The zero-order chi connectivity index (χ0) is 17.4. The number of allylic oxidation sites excluding steroid dienone is 6. The minimum absolute atomic E-state index is 1.14. The molecule has 0 spiro atoms. The lowest BCUT2D eigenvalue weighted by Crippen LogP contribution is -2.06. The van der Waals surface area contributed by atoms with Crippen molar-refractivity contribution >= 4 is 11.3 Å². The molecule has 0 aliphatic heterocycles. The van der Waals surface area contributed by atoms with Crippen LogP contribution in [0, 0.1) is 0 Å². The van der Waals surface area contributed by atoms with Crippen molar-refractivity contribution in [3.8, 4) is 0 Å². The molecule has 1 heteroatoms. The summed E-state index contributed by atoms with van der Waals surface area (Å²) in [7, 11) is 1.96. The zero-order valence-corrected chi connectivity index (χ0v) is 15.6. The smallest absolute Gasteiger partial charge is 0.0440 e. The first-order valence-electron chi connectivity index (χ1n) is 8.55. The number of nitrogens with one attached hydrogen (secondary N) is 1. The third-order valence-electron chi connectivity index (χ3n) is 4.33. The summed E-state index contributed by atoms with van der Waals surface area (Å²) in [5.41, 5.74) is 9.21. The second-order valence-electron chi connectivity index (χ2n) is 5.72. The molecule has 0 amide bonds. The maximum Gasteiger partial charge on any atom is 0.0440 e. The molecule has 1 nitrogen and oxygen atoms in total. The summed E-state index contributed by atoms with van der Waals surface area (Å²) >= 11 is 0. The summed E-state index contributed by atoms with van der Waals surface area (Å²) in [6, 6.07) is 8.83. The average Bonchev–Trinajstić information content (AvgIpc) is 2.60. The van der Waals surface area contributed by atoms with Crippen molar-refractivity contribution in [2.75, 3.05) is 7.05 Å². The third-order valence-corrected chi connectivity index (χ3v) is 4.33. The lowest BCUT2D eigenvalue weighted by molar-refractivity contribution is 0.954. The molecule has 0 saturated heterocycles. The van der Waals surface area contributed by atoms with Crippen LogP contribution in [0.1, 0.15) is 58.6 Å². The Kier molecular flexibility index (Phi) is 7.61. The maximum atomic E-state index is 3.85. The van der Waals surface area contributed by atoms with Crippen LogP contribution >= 0.6 is 0 Å². The molecule has 1 aromatic rings. The Morgan fingerprint density at radius 1 is 1.09 bits per heavy atom. The Morgan fingerprint density at radius 3 is 2.17 bits per heavy atom. The predicted octanol–water partition coefficient (Wildman–Crippen LogP) is 6.36. The van der Waals surface area contributed by atoms with Gasteiger partial charge in [0.05, 0.1) is 0 Å². The van der Waals surface area contributed by atoms with Crippen LogP contribution in [-0.2, 0) is 0 Å². The van der Waals surface area contributed by atoms with Gasteiger partial charge in [0, 0.05) is 12.7 Å². The fraction of sp³-hybridized carbons (Fsp3) is 0.364. The second-order valence-corrected chi connectivity index (χ2v) is 5.72. The van der Waals surface area contributed by atoms with Crippen molar-refractivity contribution in [2.24, 2.45) is 0 Å². The van der Waals surface area contributed by atoms with Crippen molar-refractivity contribution in [1.82, 2.24) is 5.32 Å². The maximum absolute atomic E-state index is 3.85. The van der Waals surface area contributed by atoms with Gasteiger partial charge in [0.1, 0.15) is 0 Å². The number of benzene rings is 1. The van der Waals surface area contributed by atoms with E-state index in [1.54, 1.807) is 0 Å². The van der Waals surface area contributed by atoms with E-state index in [-0.39, 0.29) is 0 Å². The van der Waals surface area contributed by atoms with E-state index < -0.39 is 0 Å². The molecule has 0 atom stereocenters. The van der Waals surface area contributed by atoms with Gasteiger partial charge in [-0.25, -0.2) is 0 Å². The Hall–Kier alpha value is -2.02. The summed E-state index contributed by atoms with van der Waals surface area (Å²) in [4.78, 5) is 0. The molecule has 0 fully saturated rings. The molecular weight excluding hydrogens is 278 g/mol. The average molecular weight is 309 g/mol. The van der Waals surface area contributed by atoms with Crippen LogP contribution in [0.3, 0.4) is 0 Å². The fourth-order valence-corrected chi connectivity index (χ4v) is 2.73. The molecular formula is C22H31N. The van der Waals surface area contributed by atoms with Crippen LogP contribution in [-0.4, -0.2) is 7.05 Å². The summed E-state index contributed by atoms with van der Waals surface area (Å²) < 4.78 is 0. The van der Waals surface area contributed by atoms with Gasteiger partial charge < -0.3 is 5.32 Å². The summed E-state index contributed by atoms with van der Waals surface area (Å²) in [6.07, 6.45) is 6.54. The molecule has 0 unspecified atom stereocenters. The highest BCUT2D eigenvalue weighted by molar-refractivity contribution is 5.74. The van der Waals surface area contributed by atoms with E-state index in [1.165, 1.54) is 34.3 Å². The lowest BCUT2D eigenvalue weighted by atomic mass is 9.89. The van der Waals surface area contributed by atoms with E-state index >= 15 is 0 Å². The molecule has 1 N–H and O–H groups in total. The molecule has 0 radical (unpaired) electrons. The van der Waals surface area contributed by atoms with Gasteiger partial charge >= 0.3 is 0 Å². The van der Waals surface area contributed by atoms with E-state index in [4.69, 9.17) is 0 Å². The third kappa shape index (κ3) is 4.72. The van der Waals surface area contributed by atoms with Gasteiger partial charge in [-0.2, -0.15) is 0 Å². The highest BCUT2D eigenvalue weighted by atomic mass is 14.8. The normalized spacial score (nSPS) is 15.1. The fourth-order valence-electron chi connectivity index (χ4n) is 2.73. The Labute approximate surface area is 142 Å². The molecule has 0 heterocycles. The van der Waals surface area contributed by atoms with Crippen molar-refractivity contribution in [2.45, 2.75) is 47.5 Å². The number of rotatable bonds is 4. The van der Waals surface area contributed by atoms with Crippen LogP contribution in [0.2, 0.25) is 0 Å². The van der Waals surface area contributed by atoms with Gasteiger partial charge in [0.25, 0.3) is 0 Å². The largest absolute Gasteiger partial charge is 0.387 e. The topological polar surface area (TPSA) is 12.0 Å². The summed E-state index contributed by atoms with van der Waals surface area (Å²) in [6.45, 7) is 14.4. The standard InChI is InChI=1S/C20H25N.C2H6/c1-6-14(2)20(21-5)18-11-9-17(10-12-18)19-8-7-15(3)16(4)13-19;1-2/h6,9-13,21H,1,7-8H2,2-5H3;1-2H3/b20-14-;. The van der Waals surface area contributed by atoms with E-state index in [2.05, 4.69) is 63.0 Å². The quantitative estimate of drug-likeness (QED) is 0.638. The van der Waals surface area contributed by atoms with Gasteiger partial charge in [-0.3, -0.25) is 0 Å². The minimum atomic E-state index is 1.14. The van der Waals surface area contributed by atoms with Crippen LogP contribution in [0.25, 0.3) is 11.3 Å². The van der Waals surface area contributed by atoms with E-state index in [1.807, 2.05) is 27.0 Å². The molecule has 1 aliphatic carbocycles. The first kappa shape index (κ1) is 19.0. The molecule has 0 bridgehead atoms. The first-order chi connectivity index (χ1) is 11.1. The number of hydrogen-bond acceptors (Lipinski definition) is 1. The van der Waals surface area contributed by atoms with E-state index in [0.717, 1.165) is 17.7 Å². The Balaban J connectivity index is 0.00000127. The van der Waals surface area contributed by atoms with Crippen LogP contribution < -0.4 is 5.32 Å². The predicted molar refractivity (Wildman–Crippen MR) is 105 cm³/mol. The van der Waals surface area contributed by atoms with Gasteiger partial charge in [0.2, 0.25) is 0 Å². The van der Waals surface area contributed by atoms with Crippen LogP contribution in [0.5, 0.6) is 0 Å². The van der Waals surface area contributed by atoms with Crippen molar-refractivity contribution in [1.29, 1.82) is 0 Å². The van der Waals surface area contributed by atoms with Gasteiger partial charge in [-0.05, 0) is 55.9 Å². The second kappa shape index (κ2) is 9.19. The molecule has 2 rings (SSSR count). The van der Waals surface area contributed by atoms with Gasteiger partial charge in [0.15, 0.2) is 0 Å². The molecule has 0 saturated carbocycles. The van der Waals surface area contributed by atoms with E-state index in [0.29, 0.717) is 0 Å². The highest BCUT2D eigenvalue weighted by Gasteiger charge is 2.10. The van der Waals surface area contributed by atoms with E-state index in [9.17, 15) is 0 Å². The summed E-state index contributed by atoms with van der Waals surface area (Å²) in [5, 5.41) is 3.27. The molecule has 124 valence electrons. The highest BCUT2D eigenvalue weighted by Crippen LogP contribution is 2.30. The van der Waals surface area contributed by atoms with Gasteiger partial charge in [-0.1, -0.05) is 68.0 Å². The van der Waals surface area contributed by atoms with Crippen molar-refractivity contribution in [3.63, 3.8) is 0 Å². The molecule has 1 aliphatic rings. The first-order valence-corrected chi connectivity index (χ1v) is 8.55. The van der Waals surface area contributed by atoms with Gasteiger partial charge in [-0.15, -0.1) is 0 Å².